The van der Waals surface area contributed by atoms with Crippen LogP contribution in [0.5, 0.6) is 5.75 Å². The van der Waals surface area contributed by atoms with E-state index < -0.39 is 0 Å². The molecule has 90 valence electrons. The number of pyridine rings is 1. The minimum Gasteiger partial charge on any atom is -0.487 e. The first-order valence-corrected chi connectivity index (χ1v) is 5.60. The quantitative estimate of drug-likeness (QED) is 0.772. The number of hydrogen-bond donors (Lipinski definition) is 1. The van der Waals surface area contributed by atoms with Crippen molar-refractivity contribution in [3.63, 3.8) is 0 Å². The molecule has 0 bridgehead atoms. The van der Waals surface area contributed by atoms with Crippen LogP contribution in [0, 0.1) is 0 Å². The minimum atomic E-state index is 0.0354. The largest absolute Gasteiger partial charge is 0.487 e. The van der Waals surface area contributed by atoms with Gasteiger partial charge in [0.25, 0.3) is 0 Å². The van der Waals surface area contributed by atoms with Gasteiger partial charge in [0, 0.05) is 19.7 Å². The Labute approximate surface area is 97.0 Å². The highest BCUT2D eigenvalue weighted by atomic mass is 16.5. The van der Waals surface area contributed by atoms with Crippen LogP contribution in [-0.2, 0) is 4.74 Å². The third-order valence-electron chi connectivity index (χ3n) is 2.03. The molecule has 0 spiro atoms. The normalized spacial score (nSPS) is 12.2. The number of nitrogens with one attached hydrogen (secondary N) is 1. The molecule has 0 aliphatic rings. The Hall–Kier alpha value is -1.29. The number of aromatic nitrogens is 1. The number of nitrogens with zero attached hydrogens (tertiary/aromatic N) is 1. The molecule has 0 radical (unpaired) electrons. The average molecular weight is 224 g/mol. The van der Waals surface area contributed by atoms with Gasteiger partial charge < -0.3 is 14.8 Å². The molecular formula is C12H20N2O2. The van der Waals surface area contributed by atoms with Gasteiger partial charge in [-0.2, -0.15) is 0 Å². The number of rotatable bonds is 7. The maximum Gasteiger partial charge on any atom is 0.140 e. The zero-order valence-corrected chi connectivity index (χ0v) is 10.2. The molecule has 0 fully saturated rings. The number of methoxy groups -OCH3 is 1. The first kappa shape index (κ1) is 12.8. The molecule has 1 rings (SSSR count). The van der Waals surface area contributed by atoms with Gasteiger partial charge in [-0.05, 0) is 13.3 Å². The van der Waals surface area contributed by atoms with E-state index >= 15 is 0 Å². The zero-order valence-electron chi connectivity index (χ0n) is 10.2. The molecule has 1 atom stereocenters. The van der Waals surface area contributed by atoms with Gasteiger partial charge in [-0.3, -0.25) is 4.98 Å². The highest BCUT2D eigenvalue weighted by molar-refractivity contribution is 5.45. The van der Waals surface area contributed by atoms with Crippen LogP contribution in [0.25, 0.3) is 0 Å². The second-order valence-corrected chi connectivity index (χ2v) is 3.72. The fraction of sp³-hybridized carbons (Fsp3) is 0.583. The molecule has 4 heteroatoms. The van der Waals surface area contributed by atoms with Crippen molar-refractivity contribution < 1.29 is 9.47 Å². The van der Waals surface area contributed by atoms with E-state index in [-0.39, 0.29) is 6.10 Å². The average Bonchev–Trinajstić information content (AvgIpc) is 2.27. The lowest BCUT2D eigenvalue weighted by Gasteiger charge is -2.14. The van der Waals surface area contributed by atoms with Crippen molar-refractivity contribution in [2.45, 2.75) is 26.4 Å². The standard InChI is InChI=1S/C12H20N2O2/c1-4-5-14-11-6-12(8-13-7-11)16-10(2)9-15-3/h6-8,10,14H,4-5,9H2,1-3H3. The highest BCUT2D eigenvalue weighted by Crippen LogP contribution is 2.16. The van der Waals surface area contributed by atoms with E-state index in [1.165, 1.54) is 0 Å². The third kappa shape index (κ3) is 4.49. The van der Waals surface area contributed by atoms with E-state index in [4.69, 9.17) is 9.47 Å². The lowest BCUT2D eigenvalue weighted by molar-refractivity contribution is 0.0919. The fourth-order valence-electron chi connectivity index (χ4n) is 1.35. The molecule has 0 aromatic carbocycles. The van der Waals surface area contributed by atoms with Crippen LogP contribution in [0.15, 0.2) is 18.5 Å². The summed E-state index contributed by atoms with van der Waals surface area (Å²) in [6, 6.07) is 1.95. The van der Waals surface area contributed by atoms with Crippen molar-refractivity contribution in [2.24, 2.45) is 0 Å². The van der Waals surface area contributed by atoms with Gasteiger partial charge in [0.15, 0.2) is 0 Å². The van der Waals surface area contributed by atoms with Crippen LogP contribution < -0.4 is 10.1 Å². The second-order valence-electron chi connectivity index (χ2n) is 3.72. The van der Waals surface area contributed by atoms with Gasteiger partial charge in [0.1, 0.15) is 11.9 Å². The molecule has 16 heavy (non-hydrogen) atoms. The van der Waals surface area contributed by atoms with Crippen LogP contribution in [0.4, 0.5) is 5.69 Å². The SMILES string of the molecule is CCCNc1cncc(OC(C)COC)c1. The smallest absolute Gasteiger partial charge is 0.140 e. The Kier molecular flexibility index (Phi) is 5.64. The highest BCUT2D eigenvalue weighted by Gasteiger charge is 2.04. The van der Waals surface area contributed by atoms with Crippen molar-refractivity contribution in [3.8, 4) is 5.75 Å². The Balaban J connectivity index is 2.52. The summed E-state index contributed by atoms with van der Waals surface area (Å²) >= 11 is 0. The summed E-state index contributed by atoms with van der Waals surface area (Å²) in [6.07, 6.45) is 4.63. The predicted octanol–water partition coefficient (Wildman–Crippen LogP) is 2.32. The fourth-order valence-corrected chi connectivity index (χ4v) is 1.35. The molecule has 0 aliphatic carbocycles. The lowest BCUT2D eigenvalue weighted by atomic mass is 10.3. The molecule has 0 saturated carbocycles. The Bertz CT molecular complexity index is 305. The van der Waals surface area contributed by atoms with E-state index in [1.807, 2.05) is 13.0 Å². The first-order valence-electron chi connectivity index (χ1n) is 5.60. The number of ether oxygens (including phenoxy) is 2. The van der Waals surface area contributed by atoms with Crippen LogP contribution in [-0.4, -0.2) is 31.3 Å². The summed E-state index contributed by atoms with van der Waals surface area (Å²) in [7, 11) is 1.66. The van der Waals surface area contributed by atoms with Crippen LogP contribution in [0.3, 0.4) is 0 Å². The van der Waals surface area contributed by atoms with Gasteiger partial charge in [-0.25, -0.2) is 0 Å². The molecule has 0 aliphatic heterocycles. The van der Waals surface area contributed by atoms with Gasteiger partial charge in [-0.1, -0.05) is 6.92 Å². The summed E-state index contributed by atoms with van der Waals surface area (Å²) in [5, 5.41) is 3.27. The van der Waals surface area contributed by atoms with Crippen molar-refractivity contribution >= 4 is 5.69 Å². The molecular weight excluding hydrogens is 204 g/mol. The molecule has 1 aromatic heterocycles. The number of anilines is 1. The van der Waals surface area contributed by atoms with E-state index in [2.05, 4.69) is 17.2 Å². The van der Waals surface area contributed by atoms with Crippen LogP contribution in [0.2, 0.25) is 0 Å². The van der Waals surface area contributed by atoms with Gasteiger partial charge in [0.2, 0.25) is 0 Å². The van der Waals surface area contributed by atoms with Crippen molar-refractivity contribution in [1.82, 2.24) is 4.98 Å². The molecule has 1 heterocycles. The maximum absolute atomic E-state index is 5.65. The molecule has 1 N–H and O–H groups in total. The summed E-state index contributed by atoms with van der Waals surface area (Å²) in [6.45, 7) is 5.61. The van der Waals surface area contributed by atoms with Crippen molar-refractivity contribution in [3.05, 3.63) is 18.5 Å². The molecule has 0 amide bonds. The Morgan fingerprint density at radius 2 is 2.25 bits per heavy atom. The zero-order chi connectivity index (χ0) is 11.8. The summed E-state index contributed by atoms with van der Waals surface area (Å²) in [5.41, 5.74) is 0.990. The summed E-state index contributed by atoms with van der Waals surface area (Å²) in [5.74, 6) is 0.769. The monoisotopic (exact) mass is 224 g/mol. The minimum absolute atomic E-state index is 0.0354. The van der Waals surface area contributed by atoms with E-state index in [0.29, 0.717) is 6.61 Å². The Morgan fingerprint density at radius 3 is 2.94 bits per heavy atom. The second kappa shape index (κ2) is 7.06. The number of hydrogen-bond acceptors (Lipinski definition) is 4. The topological polar surface area (TPSA) is 43.4 Å². The summed E-state index contributed by atoms with van der Waals surface area (Å²) in [4.78, 5) is 4.12. The van der Waals surface area contributed by atoms with Gasteiger partial charge in [-0.15, -0.1) is 0 Å². The van der Waals surface area contributed by atoms with E-state index in [0.717, 1.165) is 24.4 Å². The predicted molar refractivity (Wildman–Crippen MR) is 65.0 cm³/mol. The van der Waals surface area contributed by atoms with E-state index in [9.17, 15) is 0 Å². The molecule has 1 unspecified atom stereocenters. The summed E-state index contributed by atoms with van der Waals surface area (Å²) < 4.78 is 10.7. The third-order valence-corrected chi connectivity index (χ3v) is 2.03. The molecule has 4 nitrogen and oxygen atoms in total. The van der Waals surface area contributed by atoms with Crippen LogP contribution >= 0.6 is 0 Å². The van der Waals surface area contributed by atoms with Crippen LogP contribution in [0.1, 0.15) is 20.3 Å². The maximum atomic E-state index is 5.65. The first-order chi connectivity index (χ1) is 7.76. The van der Waals surface area contributed by atoms with Gasteiger partial charge >= 0.3 is 0 Å². The van der Waals surface area contributed by atoms with E-state index in [1.54, 1.807) is 19.5 Å². The Morgan fingerprint density at radius 1 is 1.44 bits per heavy atom. The van der Waals surface area contributed by atoms with Crippen molar-refractivity contribution in [1.29, 1.82) is 0 Å². The lowest BCUT2D eigenvalue weighted by Crippen LogP contribution is -2.18. The molecule has 1 aromatic rings. The molecule has 0 saturated heterocycles. The van der Waals surface area contributed by atoms with Crippen molar-refractivity contribution in [2.75, 3.05) is 25.6 Å². The van der Waals surface area contributed by atoms with Gasteiger partial charge in [0.05, 0.1) is 24.7 Å².